The first kappa shape index (κ1) is 26.8. The Morgan fingerprint density at radius 1 is 0.619 bits per heavy atom. The third kappa shape index (κ3) is 5.21. The number of imide groups is 2. The summed E-state index contributed by atoms with van der Waals surface area (Å²) in [4.78, 5) is 64.2. The summed E-state index contributed by atoms with van der Waals surface area (Å²) in [6.45, 7) is 0. The van der Waals surface area contributed by atoms with Crippen molar-refractivity contribution in [3.05, 3.63) is 131 Å². The second kappa shape index (κ2) is 10.9. The molecule has 0 radical (unpaired) electrons. The minimum absolute atomic E-state index is 0.293. The van der Waals surface area contributed by atoms with E-state index in [-0.39, 0.29) is 29.5 Å². The molecule has 9 nitrogen and oxygen atoms in total. The lowest BCUT2D eigenvalue weighted by Crippen LogP contribution is -2.33. The molecular formula is C33H25N3O6. The van der Waals surface area contributed by atoms with E-state index in [0.717, 1.165) is 32.1 Å². The molecule has 6 rings (SSSR count). The summed E-state index contributed by atoms with van der Waals surface area (Å²) in [7, 11) is 0. The molecule has 0 fully saturated rings. The van der Waals surface area contributed by atoms with Gasteiger partial charge in [0.2, 0.25) is 0 Å². The van der Waals surface area contributed by atoms with Gasteiger partial charge < -0.3 is 5.11 Å². The Bertz CT molecular complexity index is 1670. The van der Waals surface area contributed by atoms with Crippen LogP contribution in [0.25, 0.3) is 0 Å². The molecule has 3 heterocycles. The Hall–Kier alpha value is -5.41. The van der Waals surface area contributed by atoms with Crippen molar-refractivity contribution in [3.8, 4) is 0 Å². The molecule has 5 amide bonds. The van der Waals surface area contributed by atoms with Gasteiger partial charge in [-0.05, 0) is 66.0 Å². The Labute approximate surface area is 241 Å². The van der Waals surface area contributed by atoms with Crippen LogP contribution in [0.2, 0.25) is 0 Å². The summed E-state index contributed by atoms with van der Waals surface area (Å²) < 4.78 is 0. The monoisotopic (exact) mass is 559 g/mol. The van der Waals surface area contributed by atoms with Gasteiger partial charge in [0.05, 0.1) is 11.4 Å². The van der Waals surface area contributed by atoms with E-state index >= 15 is 0 Å². The molecule has 2 aromatic carbocycles. The standard InChI is InChI=1S/C33H25N3O6/c37-28-11-12-29(38)34(28)25-6-1-21(2-7-25)17-23-5-10-27(36-32(41)15-16-33(36)42)20-24(19-23)18-22-3-8-26(9-4-22)35-30(39)13-14-31(35)40/h1-16,19,32,41H,17-18,20H2. The smallest absolute Gasteiger partial charge is 0.258 e. The van der Waals surface area contributed by atoms with Crippen molar-refractivity contribution in [1.82, 2.24) is 4.90 Å². The van der Waals surface area contributed by atoms with E-state index in [0.29, 0.717) is 36.3 Å². The average molecular weight is 560 g/mol. The number of amides is 5. The van der Waals surface area contributed by atoms with Crippen LogP contribution in [-0.2, 0) is 36.8 Å². The lowest BCUT2D eigenvalue weighted by atomic mass is 9.97. The number of anilines is 2. The van der Waals surface area contributed by atoms with E-state index in [4.69, 9.17) is 0 Å². The SMILES string of the molecule is O=C1C=CC(=O)N1c1ccc(CC2=CC=C(N3C(=O)C=CC3O)CC(Cc3ccc(N4C(=O)C=CC4=O)cc3)=C2)cc1. The van der Waals surface area contributed by atoms with Gasteiger partial charge >= 0.3 is 0 Å². The fourth-order valence-electron chi connectivity index (χ4n) is 5.35. The molecule has 0 saturated carbocycles. The van der Waals surface area contributed by atoms with E-state index in [1.807, 2.05) is 36.4 Å². The third-order valence-electron chi connectivity index (χ3n) is 7.36. The van der Waals surface area contributed by atoms with Crippen molar-refractivity contribution in [2.75, 3.05) is 9.80 Å². The molecule has 4 aliphatic rings. The summed E-state index contributed by atoms with van der Waals surface area (Å²) >= 11 is 0. The van der Waals surface area contributed by atoms with Crippen LogP contribution in [-0.4, -0.2) is 45.8 Å². The van der Waals surface area contributed by atoms with Crippen LogP contribution >= 0.6 is 0 Å². The molecule has 0 saturated heterocycles. The molecule has 42 heavy (non-hydrogen) atoms. The minimum Gasteiger partial charge on any atom is -0.369 e. The first-order chi connectivity index (χ1) is 20.3. The van der Waals surface area contributed by atoms with Crippen LogP contribution < -0.4 is 9.80 Å². The predicted molar refractivity (Wildman–Crippen MR) is 154 cm³/mol. The van der Waals surface area contributed by atoms with Crippen LogP contribution in [0.15, 0.2) is 120 Å². The van der Waals surface area contributed by atoms with Crippen LogP contribution in [0.4, 0.5) is 11.4 Å². The highest BCUT2D eigenvalue weighted by Gasteiger charge is 2.29. The summed E-state index contributed by atoms with van der Waals surface area (Å²) in [6.07, 6.45) is 14.1. The molecule has 0 aromatic heterocycles. The van der Waals surface area contributed by atoms with Crippen molar-refractivity contribution in [2.45, 2.75) is 25.5 Å². The van der Waals surface area contributed by atoms with Crippen LogP contribution in [0.3, 0.4) is 0 Å². The summed E-state index contributed by atoms with van der Waals surface area (Å²) in [5, 5.41) is 10.4. The Balaban J connectivity index is 1.24. The number of allylic oxidation sites excluding steroid dienone is 5. The van der Waals surface area contributed by atoms with Crippen LogP contribution in [0.1, 0.15) is 17.5 Å². The van der Waals surface area contributed by atoms with E-state index in [2.05, 4.69) is 6.08 Å². The first-order valence-corrected chi connectivity index (χ1v) is 13.4. The lowest BCUT2D eigenvalue weighted by molar-refractivity contribution is -0.128. The van der Waals surface area contributed by atoms with E-state index in [1.54, 1.807) is 24.3 Å². The summed E-state index contributed by atoms with van der Waals surface area (Å²) in [6, 6.07) is 14.4. The molecule has 9 heteroatoms. The topological polar surface area (TPSA) is 115 Å². The molecule has 0 spiro atoms. The maximum atomic E-state index is 12.5. The number of benzene rings is 2. The van der Waals surface area contributed by atoms with Crippen molar-refractivity contribution in [2.24, 2.45) is 0 Å². The fraction of sp³-hybridized carbons (Fsp3) is 0.121. The molecule has 1 unspecified atom stereocenters. The van der Waals surface area contributed by atoms with Gasteiger partial charge in [-0.1, -0.05) is 42.0 Å². The molecule has 1 N–H and O–H groups in total. The van der Waals surface area contributed by atoms with Crippen molar-refractivity contribution in [3.63, 3.8) is 0 Å². The van der Waals surface area contributed by atoms with Gasteiger partial charge in [0.25, 0.3) is 29.5 Å². The molecule has 3 aliphatic heterocycles. The zero-order valence-electron chi connectivity index (χ0n) is 22.3. The maximum absolute atomic E-state index is 12.5. The number of carbonyl (C=O) groups is 5. The average Bonchev–Trinajstić information content (AvgIpc) is 3.56. The minimum atomic E-state index is -1.04. The molecule has 2 aromatic rings. The van der Waals surface area contributed by atoms with Crippen molar-refractivity contribution < 1.29 is 29.1 Å². The second-order valence-corrected chi connectivity index (χ2v) is 10.2. The Kier molecular flexibility index (Phi) is 6.93. The van der Waals surface area contributed by atoms with Gasteiger partial charge in [-0.3, -0.25) is 28.9 Å². The zero-order valence-corrected chi connectivity index (χ0v) is 22.3. The first-order valence-electron chi connectivity index (χ1n) is 13.4. The Morgan fingerprint density at radius 3 is 1.60 bits per heavy atom. The van der Waals surface area contributed by atoms with Gasteiger partial charge in [0, 0.05) is 42.5 Å². The highest BCUT2D eigenvalue weighted by atomic mass is 16.3. The molecule has 208 valence electrons. The predicted octanol–water partition coefficient (Wildman–Crippen LogP) is 3.19. The zero-order chi connectivity index (χ0) is 29.4. The van der Waals surface area contributed by atoms with Gasteiger partial charge in [-0.15, -0.1) is 0 Å². The number of hydrogen-bond acceptors (Lipinski definition) is 6. The third-order valence-corrected chi connectivity index (χ3v) is 7.36. The number of nitrogens with zero attached hydrogens (tertiary/aromatic N) is 3. The van der Waals surface area contributed by atoms with Gasteiger partial charge in [0.15, 0.2) is 6.23 Å². The quantitative estimate of drug-likeness (QED) is 0.521. The maximum Gasteiger partial charge on any atom is 0.258 e. The number of aliphatic hydroxyl groups is 1. The summed E-state index contributed by atoms with van der Waals surface area (Å²) in [5.41, 5.74) is 5.51. The molecular weight excluding hydrogens is 534 g/mol. The summed E-state index contributed by atoms with van der Waals surface area (Å²) in [5.74, 6) is -1.80. The number of rotatable bonds is 7. The van der Waals surface area contributed by atoms with E-state index in [1.165, 1.54) is 41.4 Å². The van der Waals surface area contributed by atoms with E-state index < -0.39 is 6.23 Å². The largest absolute Gasteiger partial charge is 0.369 e. The van der Waals surface area contributed by atoms with Crippen LogP contribution in [0, 0.1) is 0 Å². The van der Waals surface area contributed by atoms with Gasteiger partial charge in [-0.25, -0.2) is 9.80 Å². The fourth-order valence-corrected chi connectivity index (χ4v) is 5.35. The number of carbonyl (C=O) groups excluding carboxylic acids is 5. The molecule has 0 bridgehead atoms. The van der Waals surface area contributed by atoms with Crippen LogP contribution in [0.5, 0.6) is 0 Å². The van der Waals surface area contributed by atoms with Gasteiger partial charge in [-0.2, -0.15) is 0 Å². The Morgan fingerprint density at radius 2 is 1.12 bits per heavy atom. The number of aliphatic hydroxyl groups excluding tert-OH is 1. The van der Waals surface area contributed by atoms with E-state index in [9.17, 15) is 29.1 Å². The lowest BCUT2D eigenvalue weighted by Gasteiger charge is -2.24. The molecule has 1 atom stereocenters. The van der Waals surface area contributed by atoms with Gasteiger partial charge in [0.1, 0.15) is 0 Å². The van der Waals surface area contributed by atoms with Crippen molar-refractivity contribution >= 4 is 40.9 Å². The highest BCUT2D eigenvalue weighted by molar-refractivity contribution is 6.28. The normalized spacial score (nSPS) is 20.1. The molecule has 1 aliphatic carbocycles. The second-order valence-electron chi connectivity index (χ2n) is 10.2. The highest BCUT2D eigenvalue weighted by Crippen LogP contribution is 2.30. The van der Waals surface area contributed by atoms with Crippen molar-refractivity contribution in [1.29, 1.82) is 0 Å². The number of hydrogen-bond donors (Lipinski definition) is 1.